The standard InChI is InChI=1S/C14H22N2O2.ClH/c1-14(2,10-15)13(17)16-9-8-11-4-6-12(18-3)7-5-11;/h4-7H,8-10,15H2,1-3H3,(H,16,17);1H. The van der Waals surface area contributed by atoms with Crippen molar-refractivity contribution in [3.05, 3.63) is 29.8 Å². The van der Waals surface area contributed by atoms with Gasteiger partial charge in [0, 0.05) is 13.1 Å². The normalized spacial score (nSPS) is 10.5. The summed E-state index contributed by atoms with van der Waals surface area (Å²) in [7, 11) is 1.64. The number of benzene rings is 1. The van der Waals surface area contributed by atoms with Crippen LogP contribution in [0.4, 0.5) is 0 Å². The Balaban J connectivity index is 0.00000324. The molecular weight excluding hydrogens is 264 g/mol. The molecule has 19 heavy (non-hydrogen) atoms. The number of hydrogen-bond donors (Lipinski definition) is 2. The molecule has 0 aromatic heterocycles. The minimum Gasteiger partial charge on any atom is -0.497 e. The lowest BCUT2D eigenvalue weighted by atomic mass is 9.92. The largest absolute Gasteiger partial charge is 0.497 e. The molecule has 0 atom stereocenters. The molecule has 0 saturated heterocycles. The zero-order valence-electron chi connectivity index (χ0n) is 11.7. The molecule has 0 spiro atoms. The van der Waals surface area contributed by atoms with Crippen molar-refractivity contribution in [2.75, 3.05) is 20.2 Å². The molecule has 0 aliphatic carbocycles. The second-order valence-corrected chi connectivity index (χ2v) is 4.94. The van der Waals surface area contributed by atoms with Crippen molar-refractivity contribution in [2.45, 2.75) is 20.3 Å². The fourth-order valence-corrected chi connectivity index (χ4v) is 1.44. The van der Waals surface area contributed by atoms with E-state index in [1.165, 1.54) is 5.56 Å². The van der Waals surface area contributed by atoms with E-state index in [4.69, 9.17) is 10.5 Å². The molecule has 108 valence electrons. The van der Waals surface area contributed by atoms with Gasteiger partial charge in [0.05, 0.1) is 12.5 Å². The summed E-state index contributed by atoms with van der Waals surface area (Å²) < 4.78 is 5.09. The average Bonchev–Trinajstić information content (AvgIpc) is 2.39. The lowest BCUT2D eigenvalue weighted by molar-refractivity contribution is -0.128. The first kappa shape index (κ1) is 17.7. The van der Waals surface area contributed by atoms with Crippen molar-refractivity contribution in [2.24, 2.45) is 11.1 Å². The highest BCUT2D eigenvalue weighted by atomic mass is 35.5. The van der Waals surface area contributed by atoms with E-state index in [2.05, 4.69) is 5.32 Å². The highest BCUT2D eigenvalue weighted by molar-refractivity contribution is 5.85. The van der Waals surface area contributed by atoms with Gasteiger partial charge in [0.15, 0.2) is 0 Å². The maximum atomic E-state index is 11.8. The van der Waals surface area contributed by atoms with Gasteiger partial charge in [-0.15, -0.1) is 12.4 Å². The smallest absolute Gasteiger partial charge is 0.226 e. The quantitative estimate of drug-likeness (QED) is 0.837. The summed E-state index contributed by atoms with van der Waals surface area (Å²) in [6.07, 6.45) is 0.802. The minimum absolute atomic E-state index is 0. The molecule has 0 bridgehead atoms. The van der Waals surface area contributed by atoms with Crippen LogP contribution < -0.4 is 15.8 Å². The van der Waals surface area contributed by atoms with E-state index >= 15 is 0 Å². The Bertz CT molecular complexity index is 391. The highest BCUT2D eigenvalue weighted by Crippen LogP contribution is 2.13. The fourth-order valence-electron chi connectivity index (χ4n) is 1.44. The van der Waals surface area contributed by atoms with Gasteiger partial charge >= 0.3 is 0 Å². The summed E-state index contributed by atoms with van der Waals surface area (Å²) in [5, 5.41) is 2.90. The number of carbonyl (C=O) groups excluding carboxylic acids is 1. The van der Waals surface area contributed by atoms with Crippen LogP contribution in [0.2, 0.25) is 0 Å². The van der Waals surface area contributed by atoms with Gasteiger partial charge in [-0.2, -0.15) is 0 Å². The Kier molecular flexibility index (Phi) is 7.49. The first-order valence-corrected chi connectivity index (χ1v) is 6.11. The van der Waals surface area contributed by atoms with Crippen LogP contribution >= 0.6 is 12.4 Å². The van der Waals surface area contributed by atoms with Gasteiger partial charge in [0.1, 0.15) is 5.75 Å². The predicted molar refractivity (Wildman–Crippen MR) is 79.8 cm³/mol. The van der Waals surface area contributed by atoms with Crippen molar-refractivity contribution in [3.63, 3.8) is 0 Å². The van der Waals surface area contributed by atoms with Crippen LogP contribution in [-0.4, -0.2) is 26.1 Å². The molecule has 0 heterocycles. The van der Waals surface area contributed by atoms with Gasteiger partial charge in [-0.3, -0.25) is 4.79 Å². The molecule has 0 aliphatic heterocycles. The number of nitrogens with one attached hydrogen (secondary N) is 1. The van der Waals surface area contributed by atoms with Crippen LogP contribution in [0.25, 0.3) is 0 Å². The first-order chi connectivity index (χ1) is 8.49. The Labute approximate surface area is 121 Å². The van der Waals surface area contributed by atoms with E-state index in [9.17, 15) is 4.79 Å². The molecule has 4 nitrogen and oxygen atoms in total. The molecule has 1 rings (SSSR count). The van der Waals surface area contributed by atoms with Crippen LogP contribution in [0.3, 0.4) is 0 Å². The van der Waals surface area contributed by atoms with Crippen LogP contribution in [0, 0.1) is 5.41 Å². The van der Waals surface area contributed by atoms with Gasteiger partial charge in [-0.05, 0) is 38.0 Å². The van der Waals surface area contributed by atoms with E-state index in [0.717, 1.165) is 12.2 Å². The van der Waals surface area contributed by atoms with E-state index in [-0.39, 0.29) is 18.3 Å². The zero-order valence-corrected chi connectivity index (χ0v) is 12.5. The summed E-state index contributed by atoms with van der Waals surface area (Å²) >= 11 is 0. The van der Waals surface area contributed by atoms with Gasteiger partial charge in [0.25, 0.3) is 0 Å². The third-order valence-electron chi connectivity index (χ3n) is 2.98. The molecule has 1 aromatic carbocycles. The number of carbonyl (C=O) groups is 1. The first-order valence-electron chi connectivity index (χ1n) is 6.11. The predicted octanol–water partition coefficient (Wildman–Crippen LogP) is 1.76. The molecule has 0 radical (unpaired) electrons. The lowest BCUT2D eigenvalue weighted by Gasteiger charge is -2.21. The Morgan fingerprint density at radius 2 is 1.89 bits per heavy atom. The molecule has 1 aromatic rings. The second kappa shape index (κ2) is 8.02. The summed E-state index contributed by atoms with van der Waals surface area (Å²) in [4.78, 5) is 11.8. The summed E-state index contributed by atoms with van der Waals surface area (Å²) in [5.74, 6) is 0.838. The van der Waals surface area contributed by atoms with Crippen molar-refractivity contribution >= 4 is 18.3 Å². The number of ether oxygens (including phenoxy) is 1. The summed E-state index contributed by atoms with van der Waals surface area (Å²) in [5.41, 5.74) is 6.22. The SMILES string of the molecule is COc1ccc(CCNC(=O)C(C)(C)CN)cc1.Cl. The van der Waals surface area contributed by atoms with Crippen LogP contribution in [-0.2, 0) is 11.2 Å². The van der Waals surface area contributed by atoms with Gasteiger partial charge in [-0.1, -0.05) is 12.1 Å². The van der Waals surface area contributed by atoms with Crippen molar-refractivity contribution in [1.29, 1.82) is 0 Å². The van der Waals surface area contributed by atoms with Crippen molar-refractivity contribution in [3.8, 4) is 5.75 Å². The van der Waals surface area contributed by atoms with E-state index in [0.29, 0.717) is 13.1 Å². The minimum atomic E-state index is -0.500. The second-order valence-electron chi connectivity index (χ2n) is 4.94. The lowest BCUT2D eigenvalue weighted by Crippen LogP contribution is -2.42. The Hall–Kier alpha value is -1.26. The summed E-state index contributed by atoms with van der Waals surface area (Å²) in [6.45, 7) is 4.65. The van der Waals surface area contributed by atoms with Crippen LogP contribution in [0.15, 0.2) is 24.3 Å². The molecule has 0 fully saturated rings. The summed E-state index contributed by atoms with van der Waals surface area (Å²) in [6, 6.07) is 7.83. The molecule has 0 saturated carbocycles. The van der Waals surface area contributed by atoms with E-state index in [1.54, 1.807) is 7.11 Å². The maximum absolute atomic E-state index is 11.8. The third-order valence-corrected chi connectivity index (χ3v) is 2.98. The van der Waals surface area contributed by atoms with E-state index in [1.807, 2.05) is 38.1 Å². The van der Waals surface area contributed by atoms with Crippen molar-refractivity contribution in [1.82, 2.24) is 5.32 Å². The molecule has 0 aliphatic rings. The molecule has 1 amide bonds. The third kappa shape index (κ3) is 5.49. The van der Waals surface area contributed by atoms with Crippen LogP contribution in [0.1, 0.15) is 19.4 Å². The van der Waals surface area contributed by atoms with Crippen molar-refractivity contribution < 1.29 is 9.53 Å². The average molecular weight is 287 g/mol. The zero-order chi connectivity index (χ0) is 13.6. The van der Waals surface area contributed by atoms with Crippen LogP contribution in [0.5, 0.6) is 5.75 Å². The number of amides is 1. The number of nitrogens with two attached hydrogens (primary N) is 1. The Morgan fingerprint density at radius 1 is 1.32 bits per heavy atom. The van der Waals surface area contributed by atoms with E-state index < -0.39 is 5.41 Å². The van der Waals surface area contributed by atoms with Gasteiger partial charge < -0.3 is 15.8 Å². The van der Waals surface area contributed by atoms with Gasteiger partial charge in [-0.25, -0.2) is 0 Å². The monoisotopic (exact) mass is 286 g/mol. The molecule has 5 heteroatoms. The topological polar surface area (TPSA) is 64.3 Å². The molecule has 0 unspecified atom stereocenters. The number of halogens is 1. The fraction of sp³-hybridized carbons (Fsp3) is 0.500. The Morgan fingerprint density at radius 3 is 2.37 bits per heavy atom. The maximum Gasteiger partial charge on any atom is 0.226 e. The number of hydrogen-bond acceptors (Lipinski definition) is 3. The number of methoxy groups -OCH3 is 1. The van der Waals surface area contributed by atoms with Gasteiger partial charge in [0.2, 0.25) is 5.91 Å². The highest BCUT2D eigenvalue weighted by Gasteiger charge is 2.24. The molecule has 3 N–H and O–H groups in total. The molecular formula is C14H23ClN2O2. The number of rotatable bonds is 6.